The van der Waals surface area contributed by atoms with Gasteiger partial charge in [0.25, 0.3) is 0 Å². The molecule has 9 heteroatoms. The molecule has 0 atom stereocenters. The zero-order valence-electron chi connectivity index (χ0n) is 16.3. The first-order chi connectivity index (χ1) is 14.4. The van der Waals surface area contributed by atoms with Crippen molar-refractivity contribution >= 4 is 29.1 Å². The van der Waals surface area contributed by atoms with Crippen LogP contribution >= 0.6 is 23.4 Å². The summed E-state index contributed by atoms with van der Waals surface area (Å²) in [6.45, 7) is 4.26. The molecule has 0 N–H and O–H groups in total. The molecular weight excluding hydrogens is 427 g/mol. The van der Waals surface area contributed by atoms with Gasteiger partial charge in [0.2, 0.25) is 0 Å². The lowest BCUT2D eigenvalue weighted by atomic mass is 10.2. The Bertz CT molecular complexity index is 1200. The molecule has 1 aromatic carbocycles. The van der Waals surface area contributed by atoms with Gasteiger partial charge in [-0.2, -0.15) is 0 Å². The van der Waals surface area contributed by atoms with E-state index in [1.807, 2.05) is 41.2 Å². The number of halogens is 2. The van der Waals surface area contributed by atoms with Crippen LogP contribution in [0.4, 0.5) is 4.39 Å². The number of carbonyl (C=O) groups excluding carboxylic acids is 1. The van der Waals surface area contributed by atoms with E-state index in [1.54, 1.807) is 24.7 Å². The number of ketones is 1. The average molecular weight is 445 g/mol. The van der Waals surface area contributed by atoms with E-state index in [9.17, 15) is 9.18 Å². The van der Waals surface area contributed by atoms with Gasteiger partial charge in [-0.3, -0.25) is 4.79 Å². The third kappa shape index (κ3) is 4.06. The molecule has 0 aliphatic carbocycles. The van der Waals surface area contributed by atoms with Crippen molar-refractivity contribution in [2.45, 2.75) is 25.5 Å². The average Bonchev–Trinajstić information content (AvgIpc) is 3.44. The number of hydrogen-bond donors (Lipinski definition) is 0. The molecule has 0 aliphatic rings. The summed E-state index contributed by atoms with van der Waals surface area (Å²) in [5, 5.41) is 8.71. The van der Waals surface area contributed by atoms with Crippen molar-refractivity contribution in [1.29, 1.82) is 0 Å². The van der Waals surface area contributed by atoms with Gasteiger partial charge in [-0.25, -0.2) is 4.39 Å². The fourth-order valence-electron chi connectivity index (χ4n) is 3.31. The molecule has 0 fully saturated rings. The Morgan fingerprint density at radius 3 is 2.83 bits per heavy atom. The van der Waals surface area contributed by atoms with Gasteiger partial charge in [0.15, 0.2) is 10.9 Å². The van der Waals surface area contributed by atoms with Crippen molar-refractivity contribution < 1.29 is 13.6 Å². The zero-order chi connectivity index (χ0) is 21.3. The molecule has 3 aromatic heterocycles. The van der Waals surface area contributed by atoms with Gasteiger partial charge in [0.1, 0.15) is 17.9 Å². The lowest BCUT2D eigenvalue weighted by Crippen LogP contribution is -2.07. The summed E-state index contributed by atoms with van der Waals surface area (Å²) >= 11 is 7.25. The van der Waals surface area contributed by atoms with Gasteiger partial charge in [-0.05, 0) is 50.2 Å². The maximum Gasteiger partial charge on any atom is 0.191 e. The Morgan fingerprint density at radius 2 is 2.10 bits per heavy atom. The van der Waals surface area contributed by atoms with Crippen molar-refractivity contribution in [3.05, 3.63) is 82.5 Å². The second kappa shape index (κ2) is 8.49. The van der Waals surface area contributed by atoms with E-state index in [1.165, 1.54) is 17.8 Å². The van der Waals surface area contributed by atoms with Crippen LogP contribution in [0.1, 0.15) is 27.5 Å². The molecule has 0 bridgehead atoms. The van der Waals surface area contributed by atoms with E-state index in [2.05, 4.69) is 10.2 Å². The molecule has 0 radical (unpaired) electrons. The standard InChI is InChI=1S/C21H18ClFN4O2S/c1-13-8-17(14(2)27(13)15-5-6-19(23)18(22)9-15)20(28)11-30-21-25-24-12-26(21)10-16-4-3-7-29-16/h3-9,12H,10-11H2,1-2H3. The lowest BCUT2D eigenvalue weighted by Gasteiger charge is -2.10. The summed E-state index contributed by atoms with van der Waals surface area (Å²) in [5.41, 5.74) is 2.96. The van der Waals surface area contributed by atoms with E-state index in [-0.39, 0.29) is 16.6 Å². The fourth-order valence-corrected chi connectivity index (χ4v) is 4.28. The number of aryl methyl sites for hydroxylation is 1. The van der Waals surface area contributed by atoms with Crippen molar-refractivity contribution in [3.8, 4) is 5.69 Å². The highest BCUT2D eigenvalue weighted by atomic mass is 35.5. The molecular formula is C21H18ClFN4O2S. The summed E-state index contributed by atoms with van der Waals surface area (Å²) in [4.78, 5) is 12.9. The van der Waals surface area contributed by atoms with Crippen LogP contribution < -0.4 is 0 Å². The number of furan rings is 1. The van der Waals surface area contributed by atoms with Crippen LogP contribution in [-0.4, -0.2) is 30.9 Å². The van der Waals surface area contributed by atoms with Gasteiger partial charge in [-0.1, -0.05) is 23.4 Å². The van der Waals surface area contributed by atoms with E-state index in [0.717, 1.165) is 17.1 Å². The third-order valence-corrected chi connectivity index (χ3v) is 5.98. The molecule has 4 rings (SSSR count). The molecule has 154 valence electrons. The second-order valence-corrected chi connectivity index (χ2v) is 8.10. The topological polar surface area (TPSA) is 65.8 Å². The Balaban J connectivity index is 1.51. The summed E-state index contributed by atoms with van der Waals surface area (Å²) < 4.78 is 22.6. The first-order valence-electron chi connectivity index (χ1n) is 9.14. The summed E-state index contributed by atoms with van der Waals surface area (Å²) in [7, 11) is 0. The van der Waals surface area contributed by atoms with Gasteiger partial charge >= 0.3 is 0 Å². The molecule has 0 amide bonds. The zero-order valence-corrected chi connectivity index (χ0v) is 17.9. The van der Waals surface area contributed by atoms with Crippen LogP contribution in [0, 0.1) is 19.7 Å². The molecule has 3 heterocycles. The van der Waals surface area contributed by atoms with Crippen molar-refractivity contribution in [2.75, 3.05) is 5.75 Å². The Morgan fingerprint density at radius 1 is 1.27 bits per heavy atom. The maximum atomic E-state index is 13.5. The number of thioether (sulfide) groups is 1. The minimum atomic E-state index is -0.478. The van der Waals surface area contributed by atoms with E-state index >= 15 is 0 Å². The van der Waals surface area contributed by atoms with Crippen LogP contribution in [0.3, 0.4) is 0 Å². The molecule has 30 heavy (non-hydrogen) atoms. The molecule has 4 aromatic rings. The summed E-state index contributed by atoms with van der Waals surface area (Å²) in [6, 6.07) is 10.0. The molecule has 0 aliphatic heterocycles. The molecule has 0 spiro atoms. The molecule has 0 saturated carbocycles. The van der Waals surface area contributed by atoms with E-state index in [0.29, 0.717) is 23.0 Å². The minimum Gasteiger partial charge on any atom is -0.467 e. The number of carbonyl (C=O) groups is 1. The van der Waals surface area contributed by atoms with Crippen molar-refractivity contribution in [3.63, 3.8) is 0 Å². The second-order valence-electron chi connectivity index (χ2n) is 6.75. The highest BCUT2D eigenvalue weighted by Gasteiger charge is 2.19. The Kier molecular flexibility index (Phi) is 5.78. The number of benzene rings is 1. The number of rotatable bonds is 7. The van der Waals surface area contributed by atoms with Gasteiger partial charge in [0, 0.05) is 22.6 Å². The minimum absolute atomic E-state index is 0.0277. The first kappa shape index (κ1) is 20.4. The highest BCUT2D eigenvalue weighted by molar-refractivity contribution is 7.99. The number of nitrogens with zero attached hydrogens (tertiary/aromatic N) is 4. The molecule has 0 unspecified atom stereocenters. The first-order valence-corrected chi connectivity index (χ1v) is 10.5. The highest BCUT2D eigenvalue weighted by Crippen LogP contribution is 2.26. The maximum absolute atomic E-state index is 13.5. The van der Waals surface area contributed by atoms with Crippen molar-refractivity contribution in [1.82, 2.24) is 19.3 Å². The predicted molar refractivity (Wildman–Crippen MR) is 113 cm³/mol. The number of aromatic nitrogens is 4. The molecule has 0 saturated heterocycles. The van der Waals surface area contributed by atoms with Gasteiger partial charge in [0.05, 0.1) is 23.6 Å². The smallest absolute Gasteiger partial charge is 0.191 e. The molecule has 6 nitrogen and oxygen atoms in total. The Hall–Kier alpha value is -2.84. The number of Topliss-reactive ketones (excluding diaryl/α,β-unsaturated/α-hetero) is 1. The van der Waals surface area contributed by atoms with Crippen molar-refractivity contribution in [2.24, 2.45) is 0 Å². The third-order valence-electron chi connectivity index (χ3n) is 4.71. The van der Waals surface area contributed by atoms with Gasteiger partial charge in [-0.15, -0.1) is 10.2 Å². The number of hydrogen-bond acceptors (Lipinski definition) is 5. The lowest BCUT2D eigenvalue weighted by molar-refractivity contribution is 0.102. The Labute approximate surface area is 181 Å². The normalized spacial score (nSPS) is 11.2. The quantitative estimate of drug-likeness (QED) is 0.293. The van der Waals surface area contributed by atoms with Crippen LogP contribution in [-0.2, 0) is 6.54 Å². The van der Waals surface area contributed by atoms with Gasteiger partial charge < -0.3 is 13.6 Å². The SMILES string of the molecule is Cc1cc(C(=O)CSc2nncn2Cc2ccco2)c(C)n1-c1ccc(F)c(Cl)c1. The fraction of sp³-hybridized carbons (Fsp3) is 0.190. The van der Waals surface area contributed by atoms with Crippen LogP contribution in [0.5, 0.6) is 0 Å². The summed E-state index contributed by atoms with van der Waals surface area (Å²) in [6.07, 6.45) is 3.22. The van der Waals surface area contributed by atoms with Crippen LogP contribution in [0.2, 0.25) is 5.02 Å². The van der Waals surface area contributed by atoms with Crippen LogP contribution in [0.15, 0.2) is 58.6 Å². The summed E-state index contributed by atoms with van der Waals surface area (Å²) in [5.74, 6) is 0.490. The predicted octanol–water partition coefficient (Wildman–Crippen LogP) is 5.09. The largest absolute Gasteiger partial charge is 0.467 e. The van der Waals surface area contributed by atoms with E-state index in [4.69, 9.17) is 16.0 Å². The van der Waals surface area contributed by atoms with E-state index < -0.39 is 5.82 Å². The monoisotopic (exact) mass is 444 g/mol. The van der Waals surface area contributed by atoms with Crippen LogP contribution in [0.25, 0.3) is 5.69 Å².